The Bertz CT molecular complexity index is 1610. The molecule has 3 rings (SSSR count). The molecule has 3 aromatic rings. The first kappa shape index (κ1) is 37.4. The van der Waals surface area contributed by atoms with Crippen LogP contribution in [0.1, 0.15) is 117 Å². The minimum Gasteiger partial charge on any atom is -0.371 e. The van der Waals surface area contributed by atoms with Crippen molar-refractivity contribution < 1.29 is 9.59 Å². The zero-order chi connectivity index (χ0) is 35.2. The molecule has 0 aliphatic heterocycles. The fraction of sp³-hybridized carbons (Fsp3) is 0.543. The molecular formula is C35H49N11O2. The average molecular weight is 656 g/mol. The summed E-state index contributed by atoms with van der Waals surface area (Å²) in [6.45, 7) is 12.8. The number of hydrogen-bond acceptors (Lipinski definition) is 9. The van der Waals surface area contributed by atoms with Crippen molar-refractivity contribution in [2.45, 2.75) is 86.0 Å². The van der Waals surface area contributed by atoms with E-state index in [-0.39, 0.29) is 29.2 Å². The van der Waals surface area contributed by atoms with Gasteiger partial charge in [0.2, 0.25) is 0 Å². The Morgan fingerprint density at radius 1 is 0.833 bits per heavy atom. The summed E-state index contributed by atoms with van der Waals surface area (Å²) in [5.41, 5.74) is 2.37. The number of imidazole rings is 1. The molecule has 0 saturated heterocycles. The first-order chi connectivity index (χ1) is 23.2. The number of carbonyl (C=O) groups is 2. The predicted octanol–water partition coefficient (Wildman–Crippen LogP) is 7.20. The molecule has 13 heteroatoms. The first-order valence-corrected chi connectivity index (χ1v) is 17.0. The summed E-state index contributed by atoms with van der Waals surface area (Å²) in [6.07, 6.45) is 7.42. The van der Waals surface area contributed by atoms with Crippen molar-refractivity contribution in [3.05, 3.63) is 46.4 Å². The molecule has 2 aromatic heterocycles. The highest BCUT2D eigenvalue weighted by molar-refractivity contribution is 6.00. The minimum atomic E-state index is -0.118. The van der Waals surface area contributed by atoms with Crippen LogP contribution in [0.15, 0.2) is 28.4 Å². The molecule has 48 heavy (non-hydrogen) atoms. The smallest absolute Gasteiger partial charge is 0.253 e. The summed E-state index contributed by atoms with van der Waals surface area (Å²) >= 11 is 0. The van der Waals surface area contributed by atoms with Gasteiger partial charge in [-0.3, -0.25) is 9.59 Å². The highest BCUT2D eigenvalue weighted by atomic mass is 16.2. The number of unbranched alkanes of at least 4 members (excludes halogenated alkanes) is 4. The summed E-state index contributed by atoms with van der Waals surface area (Å²) in [5, 5.41) is 35.4. The third kappa shape index (κ3) is 8.85. The van der Waals surface area contributed by atoms with Gasteiger partial charge in [-0.1, -0.05) is 53.4 Å². The van der Waals surface area contributed by atoms with Crippen LogP contribution in [-0.4, -0.2) is 74.2 Å². The van der Waals surface area contributed by atoms with E-state index in [1.54, 1.807) is 43.9 Å². The van der Waals surface area contributed by atoms with Gasteiger partial charge in [0.25, 0.3) is 17.8 Å². The van der Waals surface area contributed by atoms with Gasteiger partial charge in [0.15, 0.2) is 22.9 Å². The Kier molecular flexibility index (Phi) is 14.3. The number of carbonyl (C=O) groups excluding carboxylic acids is 2. The van der Waals surface area contributed by atoms with Crippen LogP contribution in [0.2, 0.25) is 0 Å². The van der Waals surface area contributed by atoms with Crippen molar-refractivity contribution in [1.29, 1.82) is 10.5 Å². The van der Waals surface area contributed by atoms with E-state index in [1.807, 2.05) is 21.9 Å². The van der Waals surface area contributed by atoms with Crippen molar-refractivity contribution >= 4 is 29.3 Å². The van der Waals surface area contributed by atoms with E-state index in [4.69, 9.17) is 5.10 Å². The van der Waals surface area contributed by atoms with Gasteiger partial charge in [-0.15, -0.1) is 10.2 Å². The molecule has 0 bridgehead atoms. The maximum Gasteiger partial charge on any atom is 0.253 e. The molecule has 0 spiro atoms. The Labute approximate surface area is 284 Å². The lowest BCUT2D eigenvalue weighted by atomic mass is 10.1. The van der Waals surface area contributed by atoms with Gasteiger partial charge in [0, 0.05) is 51.4 Å². The number of benzene rings is 1. The molecule has 1 aromatic carbocycles. The van der Waals surface area contributed by atoms with Crippen LogP contribution in [0, 0.1) is 29.6 Å². The van der Waals surface area contributed by atoms with E-state index in [9.17, 15) is 20.1 Å². The number of nitriles is 2. The van der Waals surface area contributed by atoms with Crippen molar-refractivity contribution in [3.63, 3.8) is 0 Å². The van der Waals surface area contributed by atoms with E-state index < -0.39 is 0 Å². The molecule has 2 amide bonds. The van der Waals surface area contributed by atoms with Crippen molar-refractivity contribution in [3.8, 4) is 17.8 Å². The Hall–Kier alpha value is -5.04. The monoisotopic (exact) mass is 655 g/mol. The van der Waals surface area contributed by atoms with Crippen molar-refractivity contribution in [1.82, 2.24) is 29.1 Å². The van der Waals surface area contributed by atoms with E-state index in [0.717, 1.165) is 51.4 Å². The highest BCUT2D eigenvalue weighted by Crippen LogP contribution is 2.33. The van der Waals surface area contributed by atoms with Gasteiger partial charge >= 0.3 is 0 Å². The molecule has 0 atom stereocenters. The maximum absolute atomic E-state index is 14.1. The van der Waals surface area contributed by atoms with Crippen LogP contribution in [-0.2, 0) is 7.05 Å². The fourth-order valence-electron chi connectivity index (χ4n) is 5.30. The van der Waals surface area contributed by atoms with Gasteiger partial charge in [0.1, 0.15) is 12.1 Å². The average Bonchev–Trinajstić information content (AvgIpc) is 3.60. The Balaban J connectivity index is 2.19. The van der Waals surface area contributed by atoms with Crippen LogP contribution in [0.3, 0.4) is 0 Å². The number of amides is 2. The molecule has 0 saturated carbocycles. The molecular weight excluding hydrogens is 606 g/mol. The van der Waals surface area contributed by atoms with Crippen LogP contribution in [0.25, 0.3) is 5.69 Å². The molecule has 2 heterocycles. The number of hydrogen-bond donors (Lipinski definition) is 1. The normalized spacial score (nSPS) is 11.0. The third-order valence-electron chi connectivity index (χ3n) is 8.15. The third-order valence-corrected chi connectivity index (χ3v) is 8.15. The molecule has 13 nitrogen and oxygen atoms in total. The molecule has 0 fully saturated rings. The van der Waals surface area contributed by atoms with Crippen molar-refractivity contribution in [2.24, 2.45) is 17.3 Å². The van der Waals surface area contributed by atoms with Crippen LogP contribution in [0.4, 0.5) is 17.5 Å². The number of azo groups is 1. The summed E-state index contributed by atoms with van der Waals surface area (Å²) < 4.78 is 3.03. The Morgan fingerprint density at radius 2 is 1.33 bits per heavy atom. The van der Waals surface area contributed by atoms with Gasteiger partial charge < -0.3 is 19.7 Å². The number of aromatic nitrogens is 4. The summed E-state index contributed by atoms with van der Waals surface area (Å²) in [7, 11) is 3.31. The van der Waals surface area contributed by atoms with E-state index in [1.165, 1.54) is 4.57 Å². The lowest BCUT2D eigenvalue weighted by molar-refractivity contribution is 0.0749. The van der Waals surface area contributed by atoms with E-state index in [0.29, 0.717) is 60.2 Å². The quantitative estimate of drug-likeness (QED) is 0.142. The standard InChI is InChI=1S/C35H49N11O2/c1-8-12-16-44(17-13-9-2)33(47)26-20-27(34(48)45(18-14-10-3)19-15-11-4)22-28(21-26)46-32(38-6)31(25(5)42-46)40-41-35-39-29(23-36)30(24-37)43(35)7/h20-22,38H,8-19H2,1-7H3. The number of aryl methyl sites for hydroxylation is 1. The molecule has 0 aliphatic rings. The van der Waals surface area contributed by atoms with Crippen LogP contribution in [0.5, 0.6) is 0 Å². The summed E-state index contributed by atoms with van der Waals surface area (Å²) in [4.78, 5) is 36.1. The number of rotatable bonds is 18. The second-order valence-electron chi connectivity index (χ2n) is 11.8. The van der Waals surface area contributed by atoms with Crippen LogP contribution >= 0.6 is 0 Å². The van der Waals surface area contributed by atoms with Gasteiger partial charge in [0.05, 0.1) is 11.4 Å². The largest absolute Gasteiger partial charge is 0.371 e. The fourth-order valence-corrected chi connectivity index (χ4v) is 5.30. The SMILES string of the molecule is CCCCN(CCCC)C(=O)c1cc(C(=O)N(CCCC)CCCC)cc(-n2nc(C)c(N=Nc3nc(C#N)c(C#N)n3C)c2NC)c1. The van der Waals surface area contributed by atoms with Gasteiger partial charge in [-0.2, -0.15) is 20.6 Å². The second kappa shape index (κ2) is 18.3. The minimum absolute atomic E-state index is 0.0345. The van der Waals surface area contributed by atoms with E-state index >= 15 is 0 Å². The second-order valence-corrected chi connectivity index (χ2v) is 11.8. The Morgan fingerprint density at radius 3 is 1.73 bits per heavy atom. The van der Waals surface area contributed by atoms with Crippen molar-refractivity contribution in [2.75, 3.05) is 38.5 Å². The lowest BCUT2D eigenvalue weighted by Gasteiger charge is -2.25. The van der Waals surface area contributed by atoms with Gasteiger partial charge in [-0.25, -0.2) is 4.68 Å². The molecule has 1 N–H and O–H groups in total. The maximum atomic E-state index is 14.1. The molecule has 256 valence electrons. The summed E-state index contributed by atoms with van der Waals surface area (Å²) in [5.74, 6) is 0.341. The van der Waals surface area contributed by atoms with Gasteiger partial charge in [-0.05, 0) is 50.8 Å². The number of nitrogens with zero attached hydrogens (tertiary/aromatic N) is 10. The highest BCUT2D eigenvalue weighted by Gasteiger charge is 2.24. The lowest BCUT2D eigenvalue weighted by Crippen LogP contribution is -2.35. The zero-order valence-electron chi connectivity index (χ0n) is 29.5. The first-order valence-electron chi connectivity index (χ1n) is 17.0. The molecule has 0 aliphatic carbocycles. The topological polar surface area (TPSA) is 161 Å². The van der Waals surface area contributed by atoms with E-state index in [2.05, 4.69) is 48.2 Å². The number of anilines is 1. The molecule has 0 unspecified atom stereocenters. The number of nitrogens with one attached hydrogen (secondary N) is 1. The summed E-state index contributed by atoms with van der Waals surface area (Å²) in [6, 6.07) is 9.15. The molecule has 0 radical (unpaired) electrons. The van der Waals surface area contributed by atoms with Crippen LogP contribution < -0.4 is 5.32 Å². The zero-order valence-corrected chi connectivity index (χ0v) is 29.5. The predicted molar refractivity (Wildman–Crippen MR) is 186 cm³/mol.